The maximum Gasteiger partial charge on any atom is -0.00916 e. The summed E-state index contributed by atoms with van der Waals surface area (Å²) in [7, 11) is 0. The van der Waals surface area contributed by atoms with Gasteiger partial charge in [0.15, 0.2) is 0 Å². The molecule has 0 aromatic carbocycles. The fourth-order valence-corrected chi connectivity index (χ4v) is 1.58. The summed E-state index contributed by atoms with van der Waals surface area (Å²) in [5.41, 5.74) is 4.09. The van der Waals surface area contributed by atoms with Crippen molar-refractivity contribution in [2.24, 2.45) is 0 Å². The summed E-state index contributed by atoms with van der Waals surface area (Å²) in [5, 5.41) is 0. The lowest BCUT2D eigenvalue weighted by molar-refractivity contribution is 1.15. The van der Waals surface area contributed by atoms with Gasteiger partial charge in [-0.25, -0.2) is 0 Å². The topological polar surface area (TPSA) is 0 Å². The second-order valence-corrected chi connectivity index (χ2v) is 3.86. The van der Waals surface area contributed by atoms with Crippen LogP contribution >= 0.6 is 0 Å². The summed E-state index contributed by atoms with van der Waals surface area (Å²) >= 11 is 0. The van der Waals surface area contributed by atoms with Gasteiger partial charge < -0.3 is 0 Å². The minimum Gasteiger partial charge on any atom is -0.0991 e. The molecule has 0 atom stereocenters. The van der Waals surface area contributed by atoms with E-state index in [0.717, 1.165) is 12.8 Å². The molecule has 0 saturated carbocycles. The Bertz CT molecular complexity index is 384. The van der Waals surface area contributed by atoms with E-state index in [1.165, 1.54) is 16.7 Å². The standard InChI is InChI=1S/C16H20/c1-4-6-7-9-14(3)16-11-8-10-15(5-2)12-13-16/h4,6-10,12-13H,1,5,11H2,2-3H3/b7-6-,14-9+. The first-order valence-electron chi connectivity index (χ1n) is 5.80. The lowest BCUT2D eigenvalue weighted by Gasteiger charge is -2.02. The molecule has 0 aliphatic heterocycles. The second kappa shape index (κ2) is 6.84. The predicted molar refractivity (Wildman–Crippen MR) is 73.3 cm³/mol. The first-order valence-corrected chi connectivity index (χ1v) is 5.80. The molecule has 1 aliphatic rings. The molecular weight excluding hydrogens is 192 g/mol. The fraction of sp³-hybridized carbons (Fsp3) is 0.250. The highest BCUT2D eigenvalue weighted by Crippen LogP contribution is 2.19. The van der Waals surface area contributed by atoms with Crippen LogP contribution in [0.3, 0.4) is 0 Å². The highest BCUT2D eigenvalue weighted by molar-refractivity contribution is 5.41. The van der Waals surface area contributed by atoms with Crippen molar-refractivity contribution in [3.8, 4) is 0 Å². The Morgan fingerprint density at radius 1 is 1.38 bits per heavy atom. The number of hydrogen-bond acceptors (Lipinski definition) is 0. The van der Waals surface area contributed by atoms with E-state index < -0.39 is 0 Å². The molecule has 0 aromatic heterocycles. The first-order chi connectivity index (χ1) is 7.77. The molecule has 16 heavy (non-hydrogen) atoms. The minimum atomic E-state index is 1.02. The monoisotopic (exact) mass is 212 g/mol. The van der Waals surface area contributed by atoms with E-state index in [1.807, 2.05) is 12.2 Å². The Hall–Kier alpha value is -1.56. The molecule has 0 bridgehead atoms. The first kappa shape index (κ1) is 12.5. The van der Waals surface area contributed by atoms with E-state index in [-0.39, 0.29) is 0 Å². The van der Waals surface area contributed by atoms with E-state index in [4.69, 9.17) is 0 Å². The highest BCUT2D eigenvalue weighted by atomic mass is 14.0. The Balaban J connectivity index is 2.81. The lowest BCUT2D eigenvalue weighted by atomic mass is 10.0. The van der Waals surface area contributed by atoms with Crippen LogP contribution in [0.15, 0.2) is 71.9 Å². The molecule has 0 N–H and O–H groups in total. The largest absolute Gasteiger partial charge is 0.0991 e. The van der Waals surface area contributed by atoms with Gasteiger partial charge in [0.1, 0.15) is 0 Å². The fourth-order valence-electron chi connectivity index (χ4n) is 1.58. The Labute approximate surface area is 99.1 Å². The van der Waals surface area contributed by atoms with Crippen LogP contribution in [0.2, 0.25) is 0 Å². The van der Waals surface area contributed by atoms with E-state index in [2.05, 4.69) is 50.8 Å². The number of allylic oxidation sites excluding steroid dienone is 11. The Morgan fingerprint density at radius 3 is 2.88 bits per heavy atom. The van der Waals surface area contributed by atoms with Gasteiger partial charge in [-0.1, -0.05) is 62.1 Å². The zero-order valence-corrected chi connectivity index (χ0v) is 10.2. The summed E-state index contributed by atoms with van der Waals surface area (Å²) in [6.45, 7) is 7.99. The third-order valence-electron chi connectivity index (χ3n) is 2.68. The number of rotatable bonds is 4. The van der Waals surface area contributed by atoms with E-state index in [0.29, 0.717) is 0 Å². The maximum absolute atomic E-state index is 3.65. The molecular formula is C16H20. The molecule has 1 rings (SSSR count). The third-order valence-corrected chi connectivity index (χ3v) is 2.68. The van der Waals surface area contributed by atoms with Gasteiger partial charge in [0.2, 0.25) is 0 Å². The van der Waals surface area contributed by atoms with Crippen molar-refractivity contribution in [2.45, 2.75) is 26.7 Å². The lowest BCUT2D eigenvalue weighted by Crippen LogP contribution is -1.82. The van der Waals surface area contributed by atoms with Crippen molar-refractivity contribution in [1.82, 2.24) is 0 Å². The van der Waals surface area contributed by atoms with Gasteiger partial charge in [-0.2, -0.15) is 0 Å². The van der Waals surface area contributed by atoms with Crippen molar-refractivity contribution in [3.63, 3.8) is 0 Å². The normalized spacial score (nSPS) is 17.0. The quantitative estimate of drug-likeness (QED) is 0.581. The SMILES string of the molecule is C=C/C=C\C=C(/C)C1=CC=C(CC)C=CC1. The van der Waals surface area contributed by atoms with E-state index in [1.54, 1.807) is 6.08 Å². The smallest absolute Gasteiger partial charge is 0.00916 e. The van der Waals surface area contributed by atoms with Gasteiger partial charge in [-0.05, 0) is 36.5 Å². The molecule has 0 heterocycles. The van der Waals surface area contributed by atoms with E-state index >= 15 is 0 Å². The van der Waals surface area contributed by atoms with Crippen molar-refractivity contribution in [1.29, 1.82) is 0 Å². The summed E-state index contributed by atoms with van der Waals surface area (Å²) in [5.74, 6) is 0. The van der Waals surface area contributed by atoms with Crippen LogP contribution in [-0.4, -0.2) is 0 Å². The highest BCUT2D eigenvalue weighted by Gasteiger charge is 1.99. The van der Waals surface area contributed by atoms with Crippen LogP contribution in [0, 0.1) is 0 Å². The summed E-state index contributed by atoms with van der Waals surface area (Å²) in [6.07, 6.45) is 18.9. The third kappa shape index (κ3) is 3.90. The van der Waals surface area contributed by atoms with Crippen LogP contribution < -0.4 is 0 Å². The zero-order valence-electron chi connectivity index (χ0n) is 10.2. The van der Waals surface area contributed by atoms with Crippen molar-refractivity contribution >= 4 is 0 Å². The second-order valence-electron chi connectivity index (χ2n) is 3.86. The molecule has 0 spiro atoms. The zero-order chi connectivity index (χ0) is 11.8. The molecule has 0 heteroatoms. The molecule has 0 fully saturated rings. The minimum absolute atomic E-state index is 1.02. The van der Waals surface area contributed by atoms with Gasteiger partial charge in [0, 0.05) is 0 Å². The molecule has 0 amide bonds. The summed E-state index contributed by atoms with van der Waals surface area (Å²) in [6, 6.07) is 0. The van der Waals surface area contributed by atoms with Gasteiger partial charge in [0.25, 0.3) is 0 Å². The van der Waals surface area contributed by atoms with Crippen LogP contribution in [0.1, 0.15) is 26.7 Å². The molecule has 84 valence electrons. The van der Waals surface area contributed by atoms with Crippen LogP contribution in [0.4, 0.5) is 0 Å². The van der Waals surface area contributed by atoms with Crippen LogP contribution in [0.5, 0.6) is 0 Å². The van der Waals surface area contributed by atoms with Gasteiger partial charge in [-0.3, -0.25) is 0 Å². The molecule has 0 radical (unpaired) electrons. The molecule has 0 nitrogen and oxygen atoms in total. The van der Waals surface area contributed by atoms with Crippen molar-refractivity contribution in [2.75, 3.05) is 0 Å². The van der Waals surface area contributed by atoms with Gasteiger partial charge >= 0.3 is 0 Å². The van der Waals surface area contributed by atoms with Crippen molar-refractivity contribution in [3.05, 3.63) is 71.9 Å². The predicted octanol–water partition coefficient (Wildman–Crippen LogP) is 4.90. The molecule has 0 aromatic rings. The molecule has 0 unspecified atom stereocenters. The summed E-state index contributed by atoms with van der Waals surface area (Å²) in [4.78, 5) is 0. The molecule has 0 saturated heterocycles. The van der Waals surface area contributed by atoms with Crippen LogP contribution in [0.25, 0.3) is 0 Å². The van der Waals surface area contributed by atoms with Gasteiger partial charge in [0.05, 0.1) is 0 Å². The summed E-state index contributed by atoms with van der Waals surface area (Å²) < 4.78 is 0. The average molecular weight is 212 g/mol. The van der Waals surface area contributed by atoms with E-state index in [9.17, 15) is 0 Å². The van der Waals surface area contributed by atoms with Crippen LogP contribution in [-0.2, 0) is 0 Å². The van der Waals surface area contributed by atoms with Gasteiger partial charge in [-0.15, -0.1) is 0 Å². The maximum atomic E-state index is 3.65. The van der Waals surface area contributed by atoms with Crippen molar-refractivity contribution < 1.29 is 0 Å². The Morgan fingerprint density at radius 2 is 2.19 bits per heavy atom. The average Bonchev–Trinajstić information content (AvgIpc) is 2.54. The molecule has 1 aliphatic carbocycles. The Kier molecular flexibility index (Phi) is 5.35. The number of hydrogen-bond donors (Lipinski definition) is 0.